The molecule has 3 aromatic rings. The number of likely N-dealkylation sites (tertiary alicyclic amines) is 1. The lowest BCUT2D eigenvalue weighted by Gasteiger charge is -2.36. The number of halogens is 1. The van der Waals surface area contributed by atoms with Gasteiger partial charge in [-0.2, -0.15) is 0 Å². The van der Waals surface area contributed by atoms with E-state index in [9.17, 15) is 14.7 Å². The molecule has 10 heteroatoms. The number of hydrogen-bond donors (Lipinski definition) is 2. The van der Waals surface area contributed by atoms with Gasteiger partial charge >= 0.3 is 0 Å². The van der Waals surface area contributed by atoms with Crippen molar-refractivity contribution in [2.45, 2.75) is 25.2 Å². The molecule has 9 nitrogen and oxygen atoms in total. The lowest BCUT2D eigenvalue weighted by atomic mass is 10.1. The van der Waals surface area contributed by atoms with Crippen molar-refractivity contribution in [2.24, 2.45) is 5.92 Å². The lowest BCUT2D eigenvalue weighted by molar-refractivity contribution is -0.132. The van der Waals surface area contributed by atoms with Crippen LogP contribution in [0.4, 0.5) is 11.4 Å². The standard InChI is InChI=1S/C30H33ClN6O3/c31-26-15-24(5-8-27(26)38)34-30(40)22-9-10-35(18-22)19-28(39)37-13-11-36(12-14-37)25-6-3-21(4-7-25)29-32-16-23(17-33-29)20-1-2-20/h3-8,15-17,20,22,38H,1-2,9-14,18-19H2,(H,34,40)/t22-/m1/s1. The normalized spacial score (nSPS) is 19.6. The molecule has 2 aliphatic heterocycles. The summed E-state index contributed by atoms with van der Waals surface area (Å²) in [5.74, 6) is 1.19. The van der Waals surface area contributed by atoms with Crippen LogP contribution in [0.5, 0.6) is 5.75 Å². The Kier molecular flexibility index (Phi) is 7.58. The molecule has 2 N–H and O–H groups in total. The first-order valence-corrected chi connectivity index (χ1v) is 14.3. The molecule has 0 radical (unpaired) electrons. The number of carbonyl (C=O) groups is 2. The topological polar surface area (TPSA) is 102 Å². The van der Waals surface area contributed by atoms with E-state index in [-0.39, 0.29) is 28.5 Å². The highest BCUT2D eigenvalue weighted by Crippen LogP contribution is 2.39. The number of carbonyl (C=O) groups excluding carboxylic acids is 2. The van der Waals surface area contributed by atoms with Gasteiger partial charge in [0.1, 0.15) is 5.75 Å². The van der Waals surface area contributed by atoms with E-state index in [2.05, 4.69) is 49.4 Å². The van der Waals surface area contributed by atoms with E-state index in [1.807, 2.05) is 17.3 Å². The van der Waals surface area contributed by atoms with Crippen LogP contribution in [0.15, 0.2) is 54.9 Å². The van der Waals surface area contributed by atoms with Crippen LogP contribution in [0.3, 0.4) is 0 Å². The second-order valence-electron chi connectivity index (χ2n) is 10.9. The highest BCUT2D eigenvalue weighted by molar-refractivity contribution is 6.32. The van der Waals surface area contributed by atoms with Crippen LogP contribution in [-0.2, 0) is 9.59 Å². The smallest absolute Gasteiger partial charge is 0.236 e. The molecule has 0 spiro atoms. The second-order valence-corrected chi connectivity index (χ2v) is 11.3. The summed E-state index contributed by atoms with van der Waals surface area (Å²) in [7, 11) is 0. The molecule has 0 bridgehead atoms. The monoisotopic (exact) mass is 560 g/mol. The van der Waals surface area contributed by atoms with Crippen molar-refractivity contribution in [1.82, 2.24) is 19.8 Å². The number of hydrogen-bond acceptors (Lipinski definition) is 7. The van der Waals surface area contributed by atoms with Gasteiger partial charge in [-0.25, -0.2) is 9.97 Å². The number of phenols is 1. The summed E-state index contributed by atoms with van der Waals surface area (Å²) in [4.78, 5) is 41.1. The van der Waals surface area contributed by atoms with E-state index in [1.54, 1.807) is 6.07 Å². The number of amides is 2. The molecule has 2 amide bonds. The summed E-state index contributed by atoms with van der Waals surface area (Å²) in [6, 6.07) is 12.9. The van der Waals surface area contributed by atoms with Gasteiger partial charge in [0.2, 0.25) is 11.8 Å². The average Bonchev–Trinajstić information content (AvgIpc) is 3.73. The molecular weight excluding hydrogens is 528 g/mol. The molecule has 1 aliphatic carbocycles. The van der Waals surface area contributed by atoms with E-state index < -0.39 is 0 Å². The Hall–Kier alpha value is -3.69. The number of rotatable bonds is 7. The average molecular weight is 561 g/mol. The number of nitrogens with one attached hydrogen (secondary N) is 1. The van der Waals surface area contributed by atoms with Gasteiger partial charge in [-0.1, -0.05) is 11.6 Å². The van der Waals surface area contributed by atoms with Gasteiger partial charge in [0.05, 0.1) is 17.5 Å². The number of phenolic OH excluding ortho intramolecular Hbond substituents is 1. The maximum Gasteiger partial charge on any atom is 0.236 e. The van der Waals surface area contributed by atoms with Gasteiger partial charge in [0, 0.05) is 62.1 Å². The first-order chi connectivity index (χ1) is 19.4. The third-order valence-electron chi connectivity index (χ3n) is 8.06. The first-order valence-electron chi connectivity index (χ1n) is 13.9. The summed E-state index contributed by atoms with van der Waals surface area (Å²) < 4.78 is 0. The summed E-state index contributed by atoms with van der Waals surface area (Å²) >= 11 is 5.94. The fourth-order valence-electron chi connectivity index (χ4n) is 5.46. The molecule has 6 rings (SSSR count). The summed E-state index contributed by atoms with van der Waals surface area (Å²) in [5, 5.41) is 12.6. The molecule has 40 heavy (non-hydrogen) atoms. The molecule has 3 fully saturated rings. The maximum absolute atomic E-state index is 13.0. The van der Waals surface area contributed by atoms with E-state index >= 15 is 0 Å². The molecule has 2 saturated heterocycles. The third kappa shape index (κ3) is 6.05. The Morgan fingerprint density at radius 2 is 1.68 bits per heavy atom. The van der Waals surface area contributed by atoms with E-state index in [0.717, 1.165) is 30.2 Å². The SMILES string of the molecule is O=C(Nc1ccc(O)c(Cl)c1)[C@@H]1CCN(CC(=O)N2CCN(c3ccc(-c4ncc(C5CC5)cn4)cc3)CC2)C1. The Bertz CT molecular complexity index is 1370. The lowest BCUT2D eigenvalue weighted by Crippen LogP contribution is -2.51. The van der Waals surface area contributed by atoms with Gasteiger partial charge < -0.3 is 20.2 Å². The molecule has 1 saturated carbocycles. The first kappa shape index (κ1) is 26.5. The maximum atomic E-state index is 13.0. The predicted molar refractivity (Wildman–Crippen MR) is 155 cm³/mol. The van der Waals surface area contributed by atoms with Gasteiger partial charge in [-0.3, -0.25) is 14.5 Å². The zero-order valence-corrected chi connectivity index (χ0v) is 23.1. The summed E-state index contributed by atoms with van der Waals surface area (Å²) in [5.41, 5.74) is 3.92. The molecule has 1 aromatic heterocycles. The number of benzene rings is 2. The fraction of sp³-hybridized carbons (Fsp3) is 0.400. The summed E-state index contributed by atoms with van der Waals surface area (Å²) in [6.45, 7) is 4.47. The van der Waals surface area contributed by atoms with Crippen molar-refractivity contribution in [2.75, 3.05) is 56.0 Å². The highest BCUT2D eigenvalue weighted by Gasteiger charge is 2.31. The Balaban J connectivity index is 0.955. The number of nitrogens with zero attached hydrogens (tertiary/aromatic N) is 5. The Labute approximate surface area is 238 Å². The molecule has 0 unspecified atom stereocenters. The van der Waals surface area contributed by atoms with E-state index in [0.29, 0.717) is 50.7 Å². The van der Waals surface area contributed by atoms with Gasteiger partial charge in [-0.15, -0.1) is 0 Å². The minimum atomic E-state index is -0.193. The minimum Gasteiger partial charge on any atom is -0.506 e. The van der Waals surface area contributed by atoms with Crippen LogP contribution in [-0.4, -0.2) is 82.5 Å². The van der Waals surface area contributed by atoms with Crippen molar-refractivity contribution in [3.8, 4) is 17.1 Å². The highest BCUT2D eigenvalue weighted by atomic mass is 35.5. The van der Waals surface area contributed by atoms with Crippen LogP contribution < -0.4 is 10.2 Å². The Morgan fingerprint density at radius 1 is 0.950 bits per heavy atom. The van der Waals surface area contributed by atoms with Gasteiger partial charge in [0.15, 0.2) is 5.82 Å². The van der Waals surface area contributed by atoms with Crippen LogP contribution >= 0.6 is 11.6 Å². The van der Waals surface area contributed by atoms with E-state index in [1.165, 1.54) is 30.5 Å². The van der Waals surface area contributed by atoms with Crippen LogP contribution in [0, 0.1) is 5.92 Å². The molecule has 2 aromatic carbocycles. The van der Waals surface area contributed by atoms with Crippen molar-refractivity contribution in [1.29, 1.82) is 0 Å². The van der Waals surface area contributed by atoms with Crippen molar-refractivity contribution in [3.63, 3.8) is 0 Å². The van der Waals surface area contributed by atoms with Crippen molar-refractivity contribution >= 4 is 34.8 Å². The van der Waals surface area contributed by atoms with Gasteiger partial charge in [0.25, 0.3) is 0 Å². The second kappa shape index (κ2) is 11.4. The predicted octanol–water partition coefficient (Wildman–Crippen LogP) is 3.99. The molecule has 3 aliphatic rings. The molecular formula is C30H33ClN6O3. The quantitative estimate of drug-likeness (QED) is 0.421. The summed E-state index contributed by atoms with van der Waals surface area (Å²) in [6.07, 6.45) is 7.09. The number of anilines is 2. The zero-order chi connectivity index (χ0) is 27.6. The fourth-order valence-corrected chi connectivity index (χ4v) is 5.64. The Morgan fingerprint density at radius 3 is 2.35 bits per heavy atom. The largest absolute Gasteiger partial charge is 0.506 e. The van der Waals surface area contributed by atoms with E-state index in [4.69, 9.17) is 11.6 Å². The van der Waals surface area contributed by atoms with Crippen LogP contribution in [0.25, 0.3) is 11.4 Å². The number of piperazine rings is 1. The third-order valence-corrected chi connectivity index (χ3v) is 8.36. The van der Waals surface area contributed by atoms with Gasteiger partial charge in [-0.05, 0) is 79.8 Å². The van der Waals surface area contributed by atoms with Crippen molar-refractivity contribution < 1.29 is 14.7 Å². The minimum absolute atomic E-state index is 0.0241. The number of aromatic hydroxyl groups is 1. The number of aromatic nitrogens is 2. The zero-order valence-electron chi connectivity index (χ0n) is 22.3. The van der Waals surface area contributed by atoms with Crippen LogP contribution in [0.2, 0.25) is 5.02 Å². The molecule has 3 heterocycles. The molecule has 1 atom stereocenters. The van der Waals surface area contributed by atoms with Crippen LogP contribution in [0.1, 0.15) is 30.7 Å². The van der Waals surface area contributed by atoms with Crippen molar-refractivity contribution in [3.05, 3.63) is 65.4 Å². The molecule has 208 valence electrons.